The van der Waals surface area contributed by atoms with Gasteiger partial charge in [-0.25, -0.2) is 10.4 Å². The maximum absolute atomic E-state index is 12.9. The molecule has 2 heterocycles. The van der Waals surface area contributed by atoms with Gasteiger partial charge in [0.1, 0.15) is 11.4 Å². The van der Waals surface area contributed by atoms with Crippen molar-refractivity contribution < 1.29 is 4.79 Å². The summed E-state index contributed by atoms with van der Waals surface area (Å²) in [5, 5.41) is 6.96. The third-order valence-electron chi connectivity index (χ3n) is 4.23. The maximum atomic E-state index is 12.9. The van der Waals surface area contributed by atoms with Crippen LogP contribution in [0.5, 0.6) is 0 Å². The Labute approximate surface area is 175 Å². The largest absolute Gasteiger partial charge is 0.289 e. The van der Waals surface area contributed by atoms with Gasteiger partial charge in [-0.05, 0) is 23.3 Å². The first-order valence-corrected chi connectivity index (χ1v) is 9.97. The Balaban J connectivity index is 1.53. The van der Waals surface area contributed by atoms with Crippen molar-refractivity contribution in [1.29, 1.82) is 0 Å². The predicted molar refractivity (Wildman–Crippen MR) is 117 cm³/mol. The van der Waals surface area contributed by atoms with Crippen LogP contribution in [0.3, 0.4) is 0 Å². The molecule has 1 amide bonds. The molecule has 2 aromatic carbocycles. The van der Waals surface area contributed by atoms with Crippen molar-refractivity contribution in [3.05, 3.63) is 87.2 Å². The van der Waals surface area contributed by atoms with Crippen molar-refractivity contribution in [2.24, 2.45) is 5.10 Å². The van der Waals surface area contributed by atoms with E-state index in [1.807, 2.05) is 35.7 Å². The fourth-order valence-corrected chi connectivity index (χ4v) is 3.86. The first-order chi connectivity index (χ1) is 14.1. The molecule has 29 heavy (non-hydrogen) atoms. The number of rotatable bonds is 5. The number of benzene rings is 2. The first kappa shape index (κ1) is 19.0. The van der Waals surface area contributed by atoms with Crippen LogP contribution in [-0.2, 0) is 11.3 Å². The van der Waals surface area contributed by atoms with Crippen LogP contribution in [-0.4, -0.2) is 21.7 Å². The molecule has 0 saturated carbocycles. The van der Waals surface area contributed by atoms with E-state index in [2.05, 4.69) is 15.5 Å². The molecule has 2 aromatic heterocycles. The van der Waals surface area contributed by atoms with Crippen LogP contribution < -0.4 is 11.0 Å². The van der Waals surface area contributed by atoms with Gasteiger partial charge in [0, 0.05) is 16.0 Å². The number of nitrogens with zero attached hydrogens (tertiary/aromatic N) is 3. The molecule has 4 rings (SSSR count). The van der Waals surface area contributed by atoms with Crippen LogP contribution in [0.2, 0.25) is 5.02 Å². The summed E-state index contributed by atoms with van der Waals surface area (Å²) in [6, 6.07) is 16.7. The molecule has 0 spiro atoms. The van der Waals surface area contributed by atoms with Gasteiger partial charge in [-0.2, -0.15) is 5.10 Å². The molecule has 0 atom stereocenters. The van der Waals surface area contributed by atoms with Crippen molar-refractivity contribution in [1.82, 2.24) is 15.0 Å². The molecule has 0 fully saturated rings. The third kappa shape index (κ3) is 4.26. The molecule has 0 aliphatic carbocycles. The van der Waals surface area contributed by atoms with Crippen molar-refractivity contribution >= 4 is 45.3 Å². The topological polar surface area (TPSA) is 76.3 Å². The SMILES string of the molecule is O=C(Cn1cnc2scc(-c3ccccc3)c2c1=O)NN=Cc1ccc(Cl)cc1. The molecule has 0 unspecified atom stereocenters. The smallest absolute Gasteiger partial charge is 0.263 e. The van der Waals surface area contributed by atoms with E-state index in [4.69, 9.17) is 11.6 Å². The molecule has 0 aliphatic heterocycles. The van der Waals surface area contributed by atoms with E-state index in [1.165, 1.54) is 28.4 Å². The van der Waals surface area contributed by atoms with Gasteiger partial charge in [0.25, 0.3) is 11.5 Å². The van der Waals surface area contributed by atoms with Crippen LogP contribution in [0.1, 0.15) is 5.56 Å². The lowest BCUT2D eigenvalue weighted by molar-refractivity contribution is -0.121. The number of aromatic nitrogens is 2. The van der Waals surface area contributed by atoms with Crippen LogP contribution in [0, 0.1) is 0 Å². The standard InChI is InChI=1S/C21H15ClN4O2S/c22-16-8-6-14(7-9-16)10-24-25-18(27)11-26-13-23-20-19(21(26)28)17(12-29-20)15-4-2-1-3-5-15/h1-10,12-13H,11H2,(H,25,27). The molecular weight excluding hydrogens is 408 g/mol. The number of carbonyl (C=O) groups is 1. The van der Waals surface area contributed by atoms with Crippen LogP contribution >= 0.6 is 22.9 Å². The summed E-state index contributed by atoms with van der Waals surface area (Å²) in [5.74, 6) is -0.421. The number of hydrogen-bond donors (Lipinski definition) is 1. The highest BCUT2D eigenvalue weighted by atomic mass is 35.5. The molecule has 144 valence electrons. The minimum Gasteiger partial charge on any atom is -0.289 e. The molecule has 0 aliphatic rings. The van der Waals surface area contributed by atoms with Gasteiger partial charge in [0.15, 0.2) is 0 Å². The molecule has 8 heteroatoms. The molecule has 0 saturated heterocycles. The maximum Gasteiger partial charge on any atom is 0.263 e. The summed E-state index contributed by atoms with van der Waals surface area (Å²) in [6.07, 6.45) is 2.89. The normalized spacial score (nSPS) is 11.2. The summed E-state index contributed by atoms with van der Waals surface area (Å²) in [4.78, 5) is 30.1. The molecule has 6 nitrogen and oxygen atoms in total. The number of halogens is 1. The van der Waals surface area contributed by atoms with E-state index >= 15 is 0 Å². The number of fused-ring (bicyclic) bond motifs is 1. The highest BCUT2D eigenvalue weighted by Gasteiger charge is 2.14. The van der Waals surface area contributed by atoms with Crippen molar-refractivity contribution in [3.8, 4) is 11.1 Å². The highest BCUT2D eigenvalue weighted by Crippen LogP contribution is 2.30. The first-order valence-electron chi connectivity index (χ1n) is 8.71. The summed E-state index contributed by atoms with van der Waals surface area (Å²) < 4.78 is 1.29. The van der Waals surface area contributed by atoms with Gasteiger partial charge in [0.05, 0.1) is 17.9 Å². The van der Waals surface area contributed by atoms with Gasteiger partial charge in [0.2, 0.25) is 0 Å². The molecule has 1 N–H and O–H groups in total. The number of thiophene rings is 1. The van der Waals surface area contributed by atoms with E-state index in [-0.39, 0.29) is 12.1 Å². The molecule has 0 radical (unpaired) electrons. The molecule has 0 bridgehead atoms. The minimum atomic E-state index is -0.421. The molecule has 4 aromatic rings. The number of carbonyl (C=O) groups excluding carboxylic acids is 1. The van der Waals surface area contributed by atoms with Crippen molar-refractivity contribution in [3.63, 3.8) is 0 Å². The van der Waals surface area contributed by atoms with Gasteiger partial charge in [-0.1, -0.05) is 54.1 Å². The Bertz CT molecular complexity index is 1250. The van der Waals surface area contributed by atoms with Gasteiger partial charge in [-0.15, -0.1) is 11.3 Å². The predicted octanol–water partition coefficient (Wildman–Crippen LogP) is 3.93. The Morgan fingerprint density at radius 2 is 1.93 bits per heavy atom. The average molecular weight is 423 g/mol. The zero-order valence-electron chi connectivity index (χ0n) is 15.1. The summed E-state index contributed by atoms with van der Waals surface area (Å²) in [5.41, 5.74) is 4.71. The lowest BCUT2D eigenvalue weighted by Crippen LogP contribution is -2.30. The van der Waals surface area contributed by atoms with E-state index in [0.717, 1.165) is 16.7 Å². The number of hydrazone groups is 1. The van der Waals surface area contributed by atoms with Crippen LogP contribution in [0.4, 0.5) is 0 Å². The fraction of sp³-hybridized carbons (Fsp3) is 0.0476. The van der Waals surface area contributed by atoms with Crippen LogP contribution in [0.15, 0.2) is 76.2 Å². The number of hydrogen-bond acceptors (Lipinski definition) is 5. The zero-order valence-corrected chi connectivity index (χ0v) is 16.7. The van der Waals surface area contributed by atoms with Crippen molar-refractivity contribution in [2.45, 2.75) is 6.54 Å². The summed E-state index contributed by atoms with van der Waals surface area (Å²) >= 11 is 7.24. The van der Waals surface area contributed by atoms with Crippen molar-refractivity contribution in [2.75, 3.05) is 0 Å². The third-order valence-corrected chi connectivity index (χ3v) is 5.37. The Kier molecular flexibility index (Phi) is 5.50. The summed E-state index contributed by atoms with van der Waals surface area (Å²) in [7, 11) is 0. The van der Waals surface area contributed by atoms with E-state index in [1.54, 1.807) is 24.3 Å². The monoisotopic (exact) mass is 422 g/mol. The number of nitrogens with one attached hydrogen (secondary N) is 1. The van der Waals surface area contributed by atoms with Gasteiger partial charge >= 0.3 is 0 Å². The van der Waals surface area contributed by atoms with E-state index < -0.39 is 5.91 Å². The minimum absolute atomic E-state index is 0.177. The Hall–Kier alpha value is -3.29. The van der Waals surface area contributed by atoms with Crippen LogP contribution in [0.25, 0.3) is 21.3 Å². The lowest BCUT2D eigenvalue weighted by Gasteiger charge is -2.05. The van der Waals surface area contributed by atoms with E-state index in [0.29, 0.717) is 15.2 Å². The second-order valence-electron chi connectivity index (χ2n) is 6.22. The number of amides is 1. The second kappa shape index (κ2) is 8.38. The highest BCUT2D eigenvalue weighted by molar-refractivity contribution is 7.17. The summed E-state index contributed by atoms with van der Waals surface area (Å²) in [6.45, 7) is -0.177. The lowest BCUT2D eigenvalue weighted by atomic mass is 10.1. The fourth-order valence-electron chi connectivity index (χ4n) is 2.83. The quantitative estimate of drug-likeness (QED) is 0.391. The zero-order chi connectivity index (χ0) is 20.2. The van der Waals surface area contributed by atoms with Gasteiger partial charge in [-0.3, -0.25) is 14.2 Å². The average Bonchev–Trinajstić information content (AvgIpc) is 3.17. The second-order valence-corrected chi connectivity index (χ2v) is 7.51. The van der Waals surface area contributed by atoms with E-state index in [9.17, 15) is 9.59 Å². The Morgan fingerprint density at radius 3 is 2.69 bits per heavy atom. The van der Waals surface area contributed by atoms with Gasteiger partial charge < -0.3 is 0 Å². The molecular formula is C21H15ClN4O2S. The Morgan fingerprint density at radius 1 is 1.17 bits per heavy atom.